The zero-order valence-electron chi connectivity index (χ0n) is 10.8. The van der Waals surface area contributed by atoms with Gasteiger partial charge in [0.15, 0.2) is 5.75 Å². The van der Waals surface area contributed by atoms with E-state index in [2.05, 4.69) is 4.98 Å². The highest BCUT2D eigenvalue weighted by atomic mass is 35.5. The van der Waals surface area contributed by atoms with Crippen LogP contribution >= 0.6 is 35.0 Å². The maximum Gasteiger partial charge on any atom is 0.337 e. The van der Waals surface area contributed by atoms with Crippen molar-refractivity contribution in [2.75, 3.05) is 12.4 Å². The van der Waals surface area contributed by atoms with Crippen LogP contribution in [0.4, 0.5) is 0 Å². The number of rotatable bonds is 6. The van der Waals surface area contributed by atoms with Gasteiger partial charge in [-0.25, -0.2) is 9.78 Å². The molecule has 0 fully saturated rings. The normalized spacial score (nSPS) is 10.4. The number of pyridine rings is 1. The molecule has 0 saturated heterocycles. The lowest BCUT2D eigenvalue weighted by Crippen LogP contribution is -2.02. The quantitative estimate of drug-likeness (QED) is 0.627. The fourth-order valence-corrected chi connectivity index (χ4v) is 2.68. The number of hydrogen-bond acceptors (Lipinski definition) is 4. The van der Waals surface area contributed by atoms with Crippen LogP contribution in [0, 0.1) is 0 Å². The number of carbonyl (C=O) groups is 1. The molecule has 0 aliphatic rings. The summed E-state index contributed by atoms with van der Waals surface area (Å²) in [6, 6.07) is 8.35. The first-order valence-electron chi connectivity index (χ1n) is 5.97. The van der Waals surface area contributed by atoms with Gasteiger partial charge in [0.2, 0.25) is 0 Å². The Morgan fingerprint density at radius 2 is 1.95 bits per heavy atom. The Morgan fingerprint density at radius 3 is 2.52 bits per heavy atom. The van der Waals surface area contributed by atoms with E-state index in [0.29, 0.717) is 28.2 Å². The summed E-state index contributed by atoms with van der Waals surface area (Å²) in [7, 11) is 0. The van der Waals surface area contributed by atoms with Crippen molar-refractivity contribution < 1.29 is 14.6 Å². The van der Waals surface area contributed by atoms with Crippen molar-refractivity contribution >= 4 is 40.9 Å². The summed E-state index contributed by atoms with van der Waals surface area (Å²) in [5.41, 5.74) is 0.165. The van der Waals surface area contributed by atoms with Crippen LogP contribution in [0.5, 0.6) is 5.75 Å². The molecule has 110 valence electrons. The summed E-state index contributed by atoms with van der Waals surface area (Å²) in [4.78, 5) is 14.8. The van der Waals surface area contributed by atoms with Gasteiger partial charge in [-0.15, -0.1) is 11.8 Å². The Hall–Kier alpha value is -1.43. The molecule has 0 spiro atoms. The van der Waals surface area contributed by atoms with Gasteiger partial charge < -0.3 is 9.84 Å². The molecule has 0 unspecified atom stereocenters. The highest BCUT2D eigenvalue weighted by Gasteiger charge is 2.07. The second kappa shape index (κ2) is 7.54. The topological polar surface area (TPSA) is 59.4 Å². The Bertz CT molecular complexity index is 614. The first kappa shape index (κ1) is 15.9. The van der Waals surface area contributed by atoms with E-state index in [-0.39, 0.29) is 5.56 Å². The molecule has 1 N–H and O–H groups in total. The van der Waals surface area contributed by atoms with Crippen LogP contribution in [-0.4, -0.2) is 28.4 Å². The summed E-state index contributed by atoms with van der Waals surface area (Å²) in [5.74, 6) is 0.118. The lowest BCUT2D eigenvalue weighted by atomic mass is 10.3. The van der Waals surface area contributed by atoms with Crippen LogP contribution in [0.15, 0.2) is 41.6 Å². The second-order valence-electron chi connectivity index (χ2n) is 3.94. The number of halogens is 2. The van der Waals surface area contributed by atoms with E-state index < -0.39 is 5.97 Å². The zero-order valence-corrected chi connectivity index (χ0v) is 13.1. The predicted molar refractivity (Wildman–Crippen MR) is 83.9 cm³/mol. The summed E-state index contributed by atoms with van der Waals surface area (Å²) < 4.78 is 5.54. The third-order valence-electron chi connectivity index (χ3n) is 2.48. The van der Waals surface area contributed by atoms with Crippen molar-refractivity contribution in [3.63, 3.8) is 0 Å². The molecular formula is C14H11Cl2NO3S. The van der Waals surface area contributed by atoms with Crippen LogP contribution in [0.1, 0.15) is 10.4 Å². The number of para-hydroxylation sites is 1. The number of hydrogen-bond donors (Lipinski definition) is 1. The average Bonchev–Trinajstić information content (AvgIpc) is 2.46. The van der Waals surface area contributed by atoms with E-state index in [9.17, 15) is 4.79 Å². The molecule has 0 saturated carbocycles. The summed E-state index contributed by atoms with van der Waals surface area (Å²) in [5, 5.41) is 10.4. The van der Waals surface area contributed by atoms with Gasteiger partial charge >= 0.3 is 5.97 Å². The molecule has 0 atom stereocenters. The molecule has 0 amide bonds. The minimum atomic E-state index is -0.990. The molecule has 0 bridgehead atoms. The number of nitrogens with zero attached hydrogens (tertiary/aromatic N) is 1. The number of carboxylic acid groups (broad SMARTS) is 1. The summed E-state index contributed by atoms with van der Waals surface area (Å²) in [6.07, 6.45) is 1.33. The number of aromatic carboxylic acids is 1. The van der Waals surface area contributed by atoms with Crippen molar-refractivity contribution in [3.05, 3.63) is 52.1 Å². The molecule has 2 rings (SSSR count). The number of thioether (sulfide) groups is 1. The molecule has 0 radical (unpaired) electrons. The highest BCUT2D eigenvalue weighted by Crippen LogP contribution is 2.32. The van der Waals surface area contributed by atoms with Crippen molar-refractivity contribution in [1.29, 1.82) is 0 Å². The van der Waals surface area contributed by atoms with Gasteiger partial charge in [-0.05, 0) is 24.3 Å². The van der Waals surface area contributed by atoms with E-state index in [1.165, 1.54) is 24.0 Å². The highest BCUT2D eigenvalue weighted by molar-refractivity contribution is 7.99. The lowest BCUT2D eigenvalue weighted by molar-refractivity contribution is 0.0696. The molecule has 0 aliphatic carbocycles. The van der Waals surface area contributed by atoms with Gasteiger partial charge in [0.25, 0.3) is 0 Å². The van der Waals surface area contributed by atoms with Gasteiger partial charge in [0, 0.05) is 11.9 Å². The first-order valence-corrected chi connectivity index (χ1v) is 7.71. The number of benzene rings is 1. The lowest BCUT2D eigenvalue weighted by Gasteiger charge is -2.09. The monoisotopic (exact) mass is 343 g/mol. The van der Waals surface area contributed by atoms with Crippen LogP contribution in [0.3, 0.4) is 0 Å². The molecule has 1 aromatic heterocycles. The predicted octanol–water partition coefficient (Wildman–Crippen LogP) is 4.26. The van der Waals surface area contributed by atoms with E-state index in [0.717, 1.165) is 5.03 Å². The smallest absolute Gasteiger partial charge is 0.337 e. The maximum atomic E-state index is 10.7. The van der Waals surface area contributed by atoms with E-state index in [4.69, 9.17) is 33.0 Å². The van der Waals surface area contributed by atoms with Gasteiger partial charge in [0.1, 0.15) is 0 Å². The Kier molecular flexibility index (Phi) is 5.73. The fraction of sp³-hybridized carbons (Fsp3) is 0.143. The third-order valence-corrected chi connectivity index (χ3v) is 3.99. The molecule has 0 aliphatic heterocycles. The van der Waals surface area contributed by atoms with E-state index in [1.807, 2.05) is 0 Å². The van der Waals surface area contributed by atoms with Crippen LogP contribution in [0.25, 0.3) is 0 Å². The minimum absolute atomic E-state index is 0.165. The van der Waals surface area contributed by atoms with Gasteiger partial charge in [-0.3, -0.25) is 0 Å². The largest absolute Gasteiger partial charge is 0.490 e. The SMILES string of the molecule is O=C(O)c1ccc(SCCOc2c(Cl)cccc2Cl)nc1. The maximum absolute atomic E-state index is 10.7. The van der Waals surface area contributed by atoms with Crippen LogP contribution in [0.2, 0.25) is 10.0 Å². The Labute approximate surface area is 136 Å². The van der Waals surface area contributed by atoms with Crippen molar-refractivity contribution in [3.8, 4) is 5.75 Å². The number of ether oxygens (including phenoxy) is 1. The molecule has 1 aromatic carbocycles. The van der Waals surface area contributed by atoms with E-state index >= 15 is 0 Å². The molecule has 2 aromatic rings. The number of carboxylic acids is 1. The van der Waals surface area contributed by atoms with Crippen LogP contribution < -0.4 is 4.74 Å². The average molecular weight is 344 g/mol. The fourth-order valence-electron chi connectivity index (χ4n) is 1.50. The van der Waals surface area contributed by atoms with Gasteiger partial charge in [-0.2, -0.15) is 0 Å². The van der Waals surface area contributed by atoms with Crippen molar-refractivity contribution in [2.24, 2.45) is 0 Å². The molecule has 4 nitrogen and oxygen atoms in total. The Morgan fingerprint density at radius 1 is 1.24 bits per heavy atom. The molecular weight excluding hydrogens is 333 g/mol. The Balaban J connectivity index is 1.83. The van der Waals surface area contributed by atoms with Gasteiger partial charge in [-0.1, -0.05) is 29.3 Å². The number of aromatic nitrogens is 1. The summed E-state index contributed by atoms with van der Waals surface area (Å²) in [6.45, 7) is 0.413. The second-order valence-corrected chi connectivity index (χ2v) is 5.87. The molecule has 1 heterocycles. The standard InChI is InChI=1S/C14H11Cl2NO3S/c15-10-2-1-3-11(16)13(10)20-6-7-21-12-5-4-9(8-17-12)14(18)19/h1-5,8H,6-7H2,(H,18,19). The van der Waals surface area contributed by atoms with Gasteiger partial charge in [0.05, 0.1) is 27.2 Å². The molecule has 7 heteroatoms. The first-order chi connectivity index (χ1) is 10.1. The summed E-state index contributed by atoms with van der Waals surface area (Å²) >= 11 is 13.4. The van der Waals surface area contributed by atoms with Crippen molar-refractivity contribution in [2.45, 2.75) is 5.03 Å². The van der Waals surface area contributed by atoms with E-state index in [1.54, 1.807) is 24.3 Å². The molecule has 21 heavy (non-hydrogen) atoms. The minimum Gasteiger partial charge on any atom is -0.490 e. The zero-order chi connectivity index (χ0) is 15.2. The van der Waals surface area contributed by atoms with Crippen molar-refractivity contribution in [1.82, 2.24) is 4.98 Å². The third kappa shape index (κ3) is 4.52. The van der Waals surface area contributed by atoms with Crippen LogP contribution in [-0.2, 0) is 0 Å².